The van der Waals surface area contributed by atoms with Gasteiger partial charge in [0.1, 0.15) is 0 Å². The Morgan fingerprint density at radius 1 is 1.25 bits per heavy atom. The molecule has 1 amide bonds. The predicted molar refractivity (Wildman–Crippen MR) is 78.9 cm³/mol. The number of primary amides is 1. The molecule has 2 atom stereocenters. The Kier molecular flexibility index (Phi) is 6.31. The zero-order valence-corrected chi connectivity index (χ0v) is 12.4. The third-order valence-corrected chi connectivity index (χ3v) is 3.21. The predicted octanol–water partition coefficient (Wildman–Crippen LogP) is 1.62. The maximum absolute atomic E-state index is 11.2. The van der Waals surface area contributed by atoms with Crippen LogP contribution in [0.1, 0.15) is 32.3 Å². The van der Waals surface area contributed by atoms with Gasteiger partial charge in [-0.3, -0.25) is 4.79 Å². The lowest BCUT2D eigenvalue weighted by atomic mass is 10.0. The third kappa shape index (κ3) is 4.42. The molecule has 1 aromatic carbocycles. The van der Waals surface area contributed by atoms with Gasteiger partial charge in [0.25, 0.3) is 5.91 Å². The van der Waals surface area contributed by atoms with E-state index in [1.807, 2.05) is 19.1 Å². The molecule has 0 radical (unpaired) electrons. The zero-order chi connectivity index (χ0) is 15.1. The lowest BCUT2D eigenvalue weighted by molar-refractivity contribution is -0.124. The molecule has 5 nitrogen and oxygen atoms in total. The fraction of sp³-hybridized carbons (Fsp3) is 0.533. The van der Waals surface area contributed by atoms with Crippen molar-refractivity contribution >= 4 is 5.91 Å². The minimum atomic E-state index is -0.646. The van der Waals surface area contributed by atoms with Gasteiger partial charge in [-0.2, -0.15) is 0 Å². The molecule has 1 rings (SSSR count). The van der Waals surface area contributed by atoms with E-state index in [1.165, 1.54) is 0 Å². The number of carbonyl (C=O) groups excluding carboxylic acids is 1. The van der Waals surface area contributed by atoms with Crippen LogP contribution in [0.4, 0.5) is 0 Å². The topological polar surface area (TPSA) is 87.6 Å². The van der Waals surface area contributed by atoms with Crippen LogP contribution in [0.25, 0.3) is 0 Å². The molecule has 0 spiro atoms. The van der Waals surface area contributed by atoms with E-state index in [0.29, 0.717) is 17.9 Å². The molecule has 0 aromatic heterocycles. The number of nitrogens with two attached hydrogens (primary N) is 2. The summed E-state index contributed by atoms with van der Waals surface area (Å²) in [5.74, 6) is 0.629. The number of methoxy groups -OCH3 is 1. The zero-order valence-electron chi connectivity index (χ0n) is 12.4. The van der Waals surface area contributed by atoms with Crippen molar-refractivity contribution in [1.29, 1.82) is 0 Å². The first-order valence-electron chi connectivity index (χ1n) is 6.90. The van der Waals surface area contributed by atoms with E-state index in [9.17, 15) is 4.79 Å². The highest BCUT2D eigenvalue weighted by Gasteiger charge is 2.17. The van der Waals surface area contributed by atoms with Crippen LogP contribution in [0, 0.1) is 0 Å². The highest BCUT2D eigenvalue weighted by Crippen LogP contribution is 2.29. The highest BCUT2D eigenvalue weighted by atomic mass is 16.5. The lowest BCUT2D eigenvalue weighted by Crippen LogP contribution is -2.33. The van der Waals surface area contributed by atoms with Gasteiger partial charge in [-0.05, 0) is 37.0 Å². The van der Waals surface area contributed by atoms with Crippen molar-refractivity contribution in [2.45, 2.75) is 45.3 Å². The number of carbonyl (C=O) groups is 1. The van der Waals surface area contributed by atoms with E-state index < -0.39 is 12.0 Å². The van der Waals surface area contributed by atoms with E-state index in [0.717, 1.165) is 18.4 Å². The van der Waals surface area contributed by atoms with Crippen molar-refractivity contribution in [1.82, 2.24) is 0 Å². The first-order valence-corrected chi connectivity index (χ1v) is 6.90. The minimum Gasteiger partial charge on any atom is -0.493 e. The largest absolute Gasteiger partial charge is 0.493 e. The number of amides is 1. The van der Waals surface area contributed by atoms with Crippen LogP contribution in [-0.4, -0.2) is 25.2 Å². The second kappa shape index (κ2) is 7.75. The lowest BCUT2D eigenvalue weighted by Gasteiger charge is -2.17. The van der Waals surface area contributed by atoms with Crippen LogP contribution < -0.4 is 20.9 Å². The standard InChI is InChI=1S/C15H24N2O3/c1-4-11(16)8-10-6-7-13(14(9-10)19-3)20-12(5-2)15(17)18/h6-7,9,11-12H,4-5,8,16H2,1-3H3,(H2,17,18). The Labute approximate surface area is 120 Å². The van der Waals surface area contributed by atoms with Crippen LogP contribution in [0.2, 0.25) is 0 Å². The third-order valence-electron chi connectivity index (χ3n) is 3.21. The van der Waals surface area contributed by atoms with Crippen molar-refractivity contribution in [2.75, 3.05) is 7.11 Å². The molecule has 0 bridgehead atoms. The Balaban J connectivity index is 2.90. The van der Waals surface area contributed by atoms with E-state index >= 15 is 0 Å². The first kappa shape index (κ1) is 16.3. The molecular formula is C15H24N2O3. The van der Waals surface area contributed by atoms with Gasteiger partial charge >= 0.3 is 0 Å². The quantitative estimate of drug-likeness (QED) is 0.757. The van der Waals surface area contributed by atoms with Crippen molar-refractivity contribution < 1.29 is 14.3 Å². The van der Waals surface area contributed by atoms with E-state index in [1.54, 1.807) is 13.2 Å². The number of ether oxygens (including phenoxy) is 2. The molecule has 0 saturated carbocycles. The smallest absolute Gasteiger partial charge is 0.258 e. The van der Waals surface area contributed by atoms with Gasteiger partial charge in [0, 0.05) is 6.04 Å². The Hall–Kier alpha value is -1.75. The van der Waals surface area contributed by atoms with Gasteiger partial charge in [-0.25, -0.2) is 0 Å². The van der Waals surface area contributed by atoms with E-state index in [-0.39, 0.29) is 6.04 Å². The van der Waals surface area contributed by atoms with Gasteiger partial charge in [-0.1, -0.05) is 19.9 Å². The number of hydrogen-bond acceptors (Lipinski definition) is 4. The molecule has 1 aromatic rings. The van der Waals surface area contributed by atoms with Crippen LogP contribution in [0.3, 0.4) is 0 Å². The SMILES string of the molecule is CCC(N)Cc1ccc(OC(CC)C(N)=O)c(OC)c1. The van der Waals surface area contributed by atoms with Crippen molar-refractivity contribution in [3.63, 3.8) is 0 Å². The number of hydrogen-bond donors (Lipinski definition) is 2. The van der Waals surface area contributed by atoms with Gasteiger partial charge < -0.3 is 20.9 Å². The van der Waals surface area contributed by atoms with Crippen LogP contribution >= 0.6 is 0 Å². The summed E-state index contributed by atoms with van der Waals surface area (Å²) < 4.78 is 10.9. The van der Waals surface area contributed by atoms with Gasteiger partial charge in [0.05, 0.1) is 7.11 Å². The molecule has 0 aliphatic carbocycles. The van der Waals surface area contributed by atoms with Gasteiger partial charge in [0.15, 0.2) is 17.6 Å². The molecule has 2 unspecified atom stereocenters. The summed E-state index contributed by atoms with van der Waals surface area (Å²) in [6, 6.07) is 5.74. The molecular weight excluding hydrogens is 256 g/mol. The molecule has 0 aliphatic rings. The van der Waals surface area contributed by atoms with Crippen LogP contribution in [-0.2, 0) is 11.2 Å². The molecule has 0 fully saturated rings. The first-order chi connectivity index (χ1) is 9.51. The summed E-state index contributed by atoms with van der Waals surface area (Å²) in [6.07, 6.45) is 1.56. The number of rotatable bonds is 8. The fourth-order valence-electron chi connectivity index (χ4n) is 1.88. The summed E-state index contributed by atoms with van der Waals surface area (Å²) in [7, 11) is 1.57. The Bertz CT molecular complexity index is 449. The van der Waals surface area contributed by atoms with Gasteiger partial charge in [-0.15, -0.1) is 0 Å². The fourth-order valence-corrected chi connectivity index (χ4v) is 1.88. The van der Waals surface area contributed by atoms with E-state index in [2.05, 4.69) is 6.92 Å². The van der Waals surface area contributed by atoms with Crippen LogP contribution in [0.5, 0.6) is 11.5 Å². The summed E-state index contributed by atoms with van der Waals surface area (Å²) in [5, 5.41) is 0. The molecule has 0 aliphatic heterocycles. The normalized spacial score (nSPS) is 13.6. The maximum Gasteiger partial charge on any atom is 0.258 e. The van der Waals surface area contributed by atoms with Crippen molar-refractivity contribution in [3.8, 4) is 11.5 Å². The van der Waals surface area contributed by atoms with Crippen molar-refractivity contribution in [3.05, 3.63) is 23.8 Å². The summed E-state index contributed by atoms with van der Waals surface area (Å²) in [4.78, 5) is 11.2. The number of benzene rings is 1. The molecule has 112 valence electrons. The Morgan fingerprint density at radius 2 is 1.95 bits per heavy atom. The average molecular weight is 280 g/mol. The second-order valence-electron chi connectivity index (χ2n) is 4.77. The molecule has 4 N–H and O–H groups in total. The monoisotopic (exact) mass is 280 g/mol. The van der Waals surface area contributed by atoms with Crippen LogP contribution in [0.15, 0.2) is 18.2 Å². The summed E-state index contributed by atoms with van der Waals surface area (Å²) in [6.45, 7) is 3.90. The summed E-state index contributed by atoms with van der Waals surface area (Å²) >= 11 is 0. The highest BCUT2D eigenvalue weighted by molar-refractivity contribution is 5.79. The molecule has 0 saturated heterocycles. The van der Waals surface area contributed by atoms with Crippen molar-refractivity contribution in [2.24, 2.45) is 11.5 Å². The minimum absolute atomic E-state index is 0.125. The molecule has 20 heavy (non-hydrogen) atoms. The summed E-state index contributed by atoms with van der Waals surface area (Å²) in [5.41, 5.74) is 12.3. The second-order valence-corrected chi connectivity index (χ2v) is 4.77. The Morgan fingerprint density at radius 3 is 2.45 bits per heavy atom. The maximum atomic E-state index is 11.2. The van der Waals surface area contributed by atoms with Gasteiger partial charge in [0.2, 0.25) is 0 Å². The van der Waals surface area contributed by atoms with E-state index in [4.69, 9.17) is 20.9 Å². The molecule has 0 heterocycles. The average Bonchev–Trinajstić information content (AvgIpc) is 2.44. The molecule has 5 heteroatoms.